The number of aliphatic hydroxyl groups excluding tert-OH is 1. The zero-order chi connectivity index (χ0) is 24.0. The van der Waals surface area contributed by atoms with Crippen LogP contribution in [0.25, 0.3) is 22.4 Å². The molecule has 34 heavy (non-hydrogen) atoms. The van der Waals surface area contributed by atoms with Crippen LogP contribution in [0.3, 0.4) is 0 Å². The summed E-state index contributed by atoms with van der Waals surface area (Å²) in [4.78, 5) is 17.7. The lowest BCUT2D eigenvalue weighted by Gasteiger charge is -2.21. The monoisotopic (exact) mass is 493 g/mol. The minimum Gasteiger partial charge on any atom is -0.493 e. The molecule has 2 aromatic carbocycles. The molecule has 2 amide bonds. The lowest BCUT2D eigenvalue weighted by Crippen LogP contribution is -2.42. The second kappa shape index (κ2) is 12.1. The number of carbonyl (C=O) groups excluding carboxylic acids is 1. The standard InChI is InChI=1S/C23H27N3O7.ClH/c1-14(27)12-24-23(28)26(32-5)17-8-6-7-15(9-17)18-13-33-25-21(18)16-10-19(29-2)22(31-4)20(11-16)30-3;/h6-11,13-14,27H,12H2,1-5H3,(H,24,28);1H. The number of anilines is 1. The maximum Gasteiger partial charge on any atom is 0.346 e. The minimum atomic E-state index is -0.683. The Morgan fingerprint density at radius 2 is 1.76 bits per heavy atom. The van der Waals surface area contributed by atoms with Gasteiger partial charge in [0.1, 0.15) is 12.0 Å². The summed E-state index contributed by atoms with van der Waals surface area (Å²) in [6, 6.07) is 10.2. The molecular weight excluding hydrogens is 466 g/mol. The van der Waals surface area contributed by atoms with E-state index in [1.54, 1.807) is 37.3 Å². The number of hydrogen-bond acceptors (Lipinski definition) is 8. The summed E-state index contributed by atoms with van der Waals surface area (Å²) in [5, 5.41) is 17.3. The number of rotatable bonds is 9. The number of nitrogens with zero attached hydrogens (tertiary/aromatic N) is 2. The number of aliphatic hydroxyl groups is 1. The highest BCUT2D eigenvalue weighted by molar-refractivity contribution is 5.91. The van der Waals surface area contributed by atoms with E-state index < -0.39 is 12.1 Å². The Kier molecular flexibility index (Phi) is 9.55. The van der Waals surface area contributed by atoms with Crippen LogP contribution in [0.4, 0.5) is 10.5 Å². The van der Waals surface area contributed by atoms with Crippen LogP contribution in [-0.2, 0) is 4.84 Å². The first-order valence-electron chi connectivity index (χ1n) is 10.1. The number of nitrogens with one attached hydrogen (secondary N) is 1. The van der Waals surface area contributed by atoms with E-state index in [-0.39, 0.29) is 19.0 Å². The topological polar surface area (TPSA) is 116 Å². The van der Waals surface area contributed by atoms with Crippen LogP contribution in [0.15, 0.2) is 47.2 Å². The van der Waals surface area contributed by atoms with E-state index in [1.165, 1.54) is 34.7 Å². The fourth-order valence-corrected chi connectivity index (χ4v) is 3.28. The molecule has 10 nitrogen and oxygen atoms in total. The normalized spacial score (nSPS) is 11.2. The predicted octanol–water partition coefficient (Wildman–Crippen LogP) is 3.91. The Morgan fingerprint density at radius 3 is 2.32 bits per heavy atom. The van der Waals surface area contributed by atoms with Gasteiger partial charge in [-0.25, -0.2) is 4.79 Å². The molecule has 0 spiro atoms. The number of urea groups is 1. The first-order valence-corrected chi connectivity index (χ1v) is 10.1. The van der Waals surface area contributed by atoms with Crippen molar-refractivity contribution in [2.24, 2.45) is 0 Å². The van der Waals surface area contributed by atoms with Gasteiger partial charge in [0, 0.05) is 17.7 Å². The Labute approximate surface area is 203 Å². The molecule has 0 bridgehead atoms. The van der Waals surface area contributed by atoms with Crippen molar-refractivity contribution in [1.82, 2.24) is 10.5 Å². The summed E-state index contributed by atoms with van der Waals surface area (Å²) >= 11 is 0. The molecule has 0 fully saturated rings. The number of amides is 2. The molecule has 2 N–H and O–H groups in total. The van der Waals surface area contributed by atoms with Crippen LogP contribution < -0.4 is 24.6 Å². The SMILES string of the molecule is COc1cc(-c2nocc2-c2cccc(N(OC)C(=O)NCC(C)O)c2)cc(OC)c1OC.Cl. The molecule has 0 saturated carbocycles. The van der Waals surface area contributed by atoms with Gasteiger partial charge in [0.05, 0.1) is 40.2 Å². The number of halogens is 1. The van der Waals surface area contributed by atoms with Crippen LogP contribution in [0.5, 0.6) is 17.2 Å². The molecular formula is C23H28ClN3O7. The van der Waals surface area contributed by atoms with Gasteiger partial charge in [0.15, 0.2) is 11.5 Å². The number of ether oxygens (including phenoxy) is 3. The van der Waals surface area contributed by atoms with E-state index in [0.29, 0.717) is 39.8 Å². The first-order chi connectivity index (χ1) is 15.9. The second-order valence-corrected chi connectivity index (χ2v) is 7.05. The van der Waals surface area contributed by atoms with Crippen LogP contribution >= 0.6 is 12.4 Å². The molecule has 11 heteroatoms. The Balaban J connectivity index is 0.00000408. The van der Waals surface area contributed by atoms with Gasteiger partial charge in [-0.3, -0.25) is 4.84 Å². The summed E-state index contributed by atoms with van der Waals surface area (Å²) in [5.41, 5.74) is 3.15. The molecule has 0 aliphatic rings. The number of hydrogen-bond donors (Lipinski definition) is 2. The zero-order valence-electron chi connectivity index (χ0n) is 19.5. The maximum absolute atomic E-state index is 12.5. The maximum atomic E-state index is 12.5. The van der Waals surface area contributed by atoms with Crippen LogP contribution in [-0.4, -0.2) is 57.4 Å². The van der Waals surface area contributed by atoms with Gasteiger partial charge in [-0.2, -0.15) is 5.06 Å². The quantitative estimate of drug-likeness (QED) is 0.431. The summed E-state index contributed by atoms with van der Waals surface area (Å²) in [6.45, 7) is 1.67. The summed E-state index contributed by atoms with van der Waals surface area (Å²) < 4.78 is 21.6. The molecule has 0 aliphatic heterocycles. The molecule has 3 aromatic rings. The Bertz CT molecular complexity index is 1080. The minimum absolute atomic E-state index is 0. The average molecular weight is 494 g/mol. The second-order valence-electron chi connectivity index (χ2n) is 7.05. The molecule has 1 unspecified atom stereocenters. The molecule has 1 heterocycles. The average Bonchev–Trinajstić information content (AvgIpc) is 3.32. The zero-order valence-corrected chi connectivity index (χ0v) is 20.3. The van der Waals surface area contributed by atoms with Crippen LogP contribution in [0, 0.1) is 0 Å². The van der Waals surface area contributed by atoms with Crippen LogP contribution in [0.1, 0.15) is 6.92 Å². The van der Waals surface area contributed by atoms with Crippen molar-refractivity contribution in [1.29, 1.82) is 0 Å². The molecule has 184 valence electrons. The fraction of sp³-hybridized carbons (Fsp3) is 0.304. The van der Waals surface area contributed by atoms with Gasteiger partial charge in [-0.15, -0.1) is 12.4 Å². The molecule has 1 aromatic heterocycles. The molecule has 1 atom stereocenters. The predicted molar refractivity (Wildman–Crippen MR) is 129 cm³/mol. The van der Waals surface area contributed by atoms with E-state index >= 15 is 0 Å². The summed E-state index contributed by atoms with van der Waals surface area (Å²) in [7, 11) is 5.99. The van der Waals surface area contributed by atoms with Gasteiger partial charge in [0.2, 0.25) is 5.75 Å². The molecule has 0 saturated heterocycles. The van der Waals surface area contributed by atoms with Gasteiger partial charge in [0.25, 0.3) is 0 Å². The number of aromatic nitrogens is 1. The molecule has 3 rings (SSSR count). The number of benzene rings is 2. The first kappa shape index (κ1) is 26.8. The van der Waals surface area contributed by atoms with Crippen molar-refractivity contribution in [3.05, 3.63) is 42.7 Å². The highest BCUT2D eigenvalue weighted by Gasteiger charge is 2.21. The largest absolute Gasteiger partial charge is 0.493 e. The number of methoxy groups -OCH3 is 3. The van der Waals surface area contributed by atoms with E-state index in [4.69, 9.17) is 23.6 Å². The Morgan fingerprint density at radius 1 is 1.09 bits per heavy atom. The van der Waals surface area contributed by atoms with Gasteiger partial charge in [-0.05, 0) is 36.8 Å². The van der Waals surface area contributed by atoms with E-state index in [0.717, 1.165) is 10.6 Å². The van der Waals surface area contributed by atoms with E-state index in [1.807, 2.05) is 6.07 Å². The Hall–Kier alpha value is -3.47. The van der Waals surface area contributed by atoms with Crippen molar-refractivity contribution in [3.63, 3.8) is 0 Å². The number of carbonyl (C=O) groups is 1. The lowest BCUT2D eigenvalue weighted by molar-refractivity contribution is 0.154. The van der Waals surface area contributed by atoms with E-state index in [2.05, 4.69) is 10.5 Å². The molecule has 0 aliphatic carbocycles. The van der Waals surface area contributed by atoms with Crippen molar-refractivity contribution in [3.8, 4) is 39.6 Å². The lowest BCUT2D eigenvalue weighted by atomic mass is 10.0. The van der Waals surface area contributed by atoms with Crippen molar-refractivity contribution >= 4 is 24.1 Å². The van der Waals surface area contributed by atoms with Crippen molar-refractivity contribution in [2.45, 2.75) is 13.0 Å². The van der Waals surface area contributed by atoms with Gasteiger partial charge in [-0.1, -0.05) is 17.3 Å². The molecule has 0 radical (unpaired) electrons. The van der Waals surface area contributed by atoms with E-state index in [9.17, 15) is 9.90 Å². The highest BCUT2D eigenvalue weighted by Crippen LogP contribution is 2.43. The van der Waals surface area contributed by atoms with Crippen LogP contribution in [0.2, 0.25) is 0 Å². The highest BCUT2D eigenvalue weighted by atomic mass is 35.5. The van der Waals surface area contributed by atoms with Crippen molar-refractivity contribution < 1.29 is 33.5 Å². The fourth-order valence-electron chi connectivity index (χ4n) is 3.28. The smallest absolute Gasteiger partial charge is 0.346 e. The summed E-state index contributed by atoms with van der Waals surface area (Å²) in [5.74, 6) is 1.43. The van der Waals surface area contributed by atoms with Gasteiger partial charge >= 0.3 is 6.03 Å². The van der Waals surface area contributed by atoms with Crippen molar-refractivity contribution in [2.75, 3.05) is 40.0 Å². The van der Waals surface area contributed by atoms with Gasteiger partial charge < -0.3 is 29.2 Å². The third kappa shape index (κ3) is 5.71. The number of hydroxylamine groups is 1. The third-order valence-electron chi connectivity index (χ3n) is 4.82. The third-order valence-corrected chi connectivity index (χ3v) is 4.82. The summed E-state index contributed by atoms with van der Waals surface area (Å²) in [6.07, 6.45) is 0.833.